The summed E-state index contributed by atoms with van der Waals surface area (Å²) in [6.45, 7) is 0. The summed E-state index contributed by atoms with van der Waals surface area (Å²) in [4.78, 5) is 11.1. The molecular weight excluding hydrogens is 274 g/mol. The molecule has 2 aromatic rings. The van der Waals surface area contributed by atoms with Gasteiger partial charge in [0.1, 0.15) is 11.8 Å². The van der Waals surface area contributed by atoms with Gasteiger partial charge >= 0.3 is 5.97 Å². The molecule has 0 aliphatic carbocycles. The molecule has 104 valence electrons. The first-order chi connectivity index (χ1) is 9.70. The summed E-state index contributed by atoms with van der Waals surface area (Å²) in [5.74, 6) is 0.547. The van der Waals surface area contributed by atoms with E-state index >= 15 is 0 Å². The average Bonchev–Trinajstić information content (AvgIpc) is 2.95. The van der Waals surface area contributed by atoms with E-state index in [0.717, 1.165) is 22.1 Å². The van der Waals surface area contributed by atoms with E-state index in [1.807, 2.05) is 36.4 Å². The lowest BCUT2D eigenvalue weighted by Crippen LogP contribution is -2.33. The number of fused-ring (bicyclic) bond motifs is 1. The Morgan fingerprint density at radius 1 is 1.35 bits per heavy atom. The first-order valence-corrected chi connectivity index (χ1v) is 7.41. The van der Waals surface area contributed by atoms with Crippen molar-refractivity contribution < 1.29 is 14.6 Å². The molecule has 1 heterocycles. The van der Waals surface area contributed by atoms with E-state index in [0.29, 0.717) is 5.75 Å². The number of carboxylic acids is 1. The highest BCUT2D eigenvalue weighted by Crippen LogP contribution is 2.41. The third-order valence-electron chi connectivity index (χ3n) is 3.49. The van der Waals surface area contributed by atoms with Gasteiger partial charge in [0.25, 0.3) is 0 Å². The quantitative estimate of drug-likeness (QED) is 0.909. The van der Waals surface area contributed by atoms with E-state index < -0.39 is 12.0 Å². The molecule has 0 amide bonds. The number of hydrogen-bond acceptors (Lipinski definition) is 4. The fourth-order valence-corrected chi connectivity index (χ4v) is 3.80. The number of methoxy groups -OCH3 is 1. The maximum atomic E-state index is 11.1. The summed E-state index contributed by atoms with van der Waals surface area (Å²) < 4.78 is 5.46. The van der Waals surface area contributed by atoms with Crippen molar-refractivity contribution in [3.8, 4) is 5.75 Å². The Kier molecular flexibility index (Phi) is 3.54. The van der Waals surface area contributed by atoms with Crippen LogP contribution < -0.4 is 10.1 Å². The second-order valence-corrected chi connectivity index (χ2v) is 5.81. The Labute approximate surface area is 121 Å². The molecule has 4 nitrogen and oxygen atoms in total. The van der Waals surface area contributed by atoms with Gasteiger partial charge < -0.3 is 9.84 Å². The average molecular weight is 289 g/mol. The van der Waals surface area contributed by atoms with Crippen molar-refractivity contribution >= 4 is 28.5 Å². The first kappa shape index (κ1) is 13.3. The number of carbonyl (C=O) groups is 1. The van der Waals surface area contributed by atoms with Crippen LogP contribution in [0.3, 0.4) is 0 Å². The van der Waals surface area contributed by atoms with Crippen LogP contribution in [0.25, 0.3) is 10.8 Å². The highest BCUT2D eigenvalue weighted by Gasteiger charge is 2.32. The van der Waals surface area contributed by atoms with E-state index in [-0.39, 0.29) is 5.37 Å². The van der Waals surface area contributed by atoms with E-state index in [1.54, 1.807) is 18.9 Å². The molecule has 2 atom stereocenters. The van der Waals surface area contributed by atoms with Crippen LogP contribution in [0, 0.1) is 0 Å². The Balaban J connectivity index is 2.08. The number of aliphatic carboxylic acids is 1. The summed E-state index contributed by atoms with van der Waals surface area (Å²) in [6, 6.07) is 11.5. The zero-order valence-corrected chi connectivity index (χ0v) is 11.8. The van der Waals surface area contributed by atoms with Crippen molar-refractivity contribution in [1.82, 2.24) is 5.32 Å². The molecular formula is C15H15NO3S. The fraction of sp³-hybridized carbons (Fsp3) is 0.267. The monoisotopic (exact) mass is 289 g/mol. The van der Waals surface area contributed by atoms with Gasteiger partial charge in [-0.15, -0.1) is 11.8 Å². The van der Waals surface area contributed by atoms with Gasteiger partial charge in [0.05, 0.1) is 12.5 Å². The van der Waals surface area contributed by atoms with E-state index in [9.17, 15) is 4.79 Å². The molecule has 3 rings (SSSR count). The second-order valence-electron chi connectivity index (χ2n) is 4.67. The maximum absolute atomic E-state index is 11.1. The van der Waals surface area contributed by atoms with Gasteiger partial charge in [0, 0.05) is 11.3 Å². The topological polar surface area (TPSA) is 58.6 Å². The third-order valence-corrected chi connectivity index (χ3v) is 4.72. The summed E-state index contributed by atoms with van der Waals surface area (Å²) in [7, 11) is 1.64. The molecule has 0 saturated carbocycles. The van der Waals surface area contributed by atoms with Crippen molar-refractivity contribution in [2.45, 2.75) is 11.4 Å². The molecule has 2 N–H and O–H groups in total. The van der Waals surface area contributed by atoms with Crippen LogP contribution in [-0.4, -0.2) is 30.0 Å². The van der Waals surface area contributed by atoms with E-state index in [1.165, 1.54) is 0 Å². The van der Waals surface area contributed by atoms with Crippen molar-refractivity contribution in [2.24, 2.45) is 0 Å². The molecule has 2 aromatic carbocycles. The molecule has 20 heavy (non-hydrogen) atoms. The lowest BCUT2D eigenvalue weighted by atomic mass is 10.0. The number of carboxylic acid groups (broad SMARTS) is 1. The van der Waals surface area contributed by atoms with Gasteiger partial charge in [-0.2, -0.15) is 0 Å². The Morgan fingerprint density at radius 3 is 2.85 bits per heavy atom. The summed E-state index contributed by atoms with van der Waals surface area (Å²) in [5.41, 5.74) is 1.03. The lowest BCUT2D eigenvalue weighted by molar-refractivity contribution is -0.138. The van der Waals surface area contributed by atoms with Gasteiger partial charge in [-0.1, -0.05) is 30.3 Å². The summed E-state index contributed by atoms with van der Waals surface area (Å²) in [5, 5.41) is 14.4. The minimum atomic E-state index is -0.806. The second kappa shape index (κ2) is 5.34. The van der Waals surface area contributed by atoms with Crippen LogP contribution in [0.5, 0.6) is 5.75 Å². The lowest BCUT2D eigenvalue weighted by Gasteiger charge is -2.18. The number of ether oxygens (including phenoxy) is 1. The number of nitrogens with one attached hydrogen (secondary N) is 1. The molecule has 1 fully saturated rings. The predicted octanol–water partition coefficient (Wildman–Crippen LogP) is 2.64. The van der Waals surface area contributed by atoms with Gasteiger partial charge in [0.15, 0.2) is 0 Å². The molecule has 0 bridgehead atoms. The van der Waals surface area contributed by atoms with Gasteiger partial charge in [-0.3, -0.25) is 10.1 Å². The zero-order chi connectivity index (χ0) is 14.1. The Morgan fingerprint density at radius 2 is 2.15 bits per heavy atom. The first-order valence-electron chi connectivity index (χ1n) is 6.37. The molecule has 5 heteroatoms. The molecule has 2 unspecified atom stereocenters. The highest BCUT2D eigenvalue weighted by molar-refractivity contribution is 7.99. The number of hydrogen-bond donors (Lipinski definition) is 2. The largest absolute Gasteiger partial charge is 0.496 e. The standard InChI is InChI=1S/C15H15NO3S/c1-19-12-7-6-9-4-2-3-5-10(9)13(12)14-16-11(8-20-14)15(17)18/h2-7,11,14,16H,8H2,1H3,(H,17,18). The van der Waals surface area contributed by atoms with Crippen LogP contribution in [-0.2, 0) is 4.79 Å². The zero-order valence-electron chi connectivity index (χ0n) is 11.0. The van der Waals surface area contributed by atoms with E-state index in [4.69, 9.17) is 9.84 Å². The number of thioether (sulfide) groups is 1. The van der Waals surface area contributed by atoms with Gasteiger partial charge in [-0.05, 0) is 16.8 Å². The van der Waals surface area contributed by atoms with Crippen LogP contribution in [0.1, 0.15) is 10.9 Å². The minimum Gasteiger partial charge on any atom is -0.496 e. The van der Waals surface area contributed by atoms with Crippen molar-refractivity contribution in [3.05, 3.63) is 42.0 Å². The molecule has 0 spiro atoms. The van der Waals surface area contributed by atoms with Crippen molar-refractivity contribution in [2.75, 3.05) is 12.9 Å². The van der Waals surface area contributed by atoms with Gasteiger partial charge in [0.2, 0.25) is 0 Å². The molecule has 1 aliphatic heterocycles. The SMILES string of the molecule is COc1ccc2ccccc2c1C1NC(C(=O)O)CS1. The third kappa shape index (κ3) is 2.23. The predicted molar refractivity (Wildman–Crippen MR) is 80.3 cm³/mol. The van der Waals surface area contributed by atoms with Gasteiger partial charge in [-0.25, -0.2) is 0 Å². The number of rotatable bonds is 3. The van der Waals surface area contributed by atoms with Crippen LogP contribution in [0.4, 0.5) is 0 Å². The van der Waals surface area contributed by atoms with Crippen LogP contribution in [0.15, 0.2) is 36.4 Å². The van der Waals surface area contributed by atoms with Crippen LogP contribution >= 0.6 is 11.8 Å². The highest BCUT2D eigenvalue weighted by atomic mass is 32.2. The van der Waals surface area contributed by atoms with Crippen molar-refractivity contribution in [1.29, 1.82) is 0 Å². The summed E-state index contributed by atoms with van der Waals surface area (Å²) in [6.07, 6.45) is 0. The molecule has 0 aromatic heterocycles. The normalized spacial score (nSPS) is 22.1. The molecule has 0 radical (unpaired) electrons. The minimum absolute atomic E-state index is 0.0582. The summed E-state index contributed by atoms with van der Waals surface area (Å²) >= 11 is 1.60. The number of benzene rings is 2. The molecule has 1 saturated heterocycles. The Bertz CT molecular complexity index is 659. The van der Waals surface area contributed by atoms with Crippen LogP contribution in [0.2, 0.25) is 0 Å². The Hall–Kier alpha value is -1.72. The maximum Gasteiger partial charge on any atom is 0.321 e. The van der Waals surface area contributed by atoms with E-state index in [2.05, 4.69) is 5.32 Å². The fourth-order valence-electron chi connectivity index (χ4n) is 2.50. The molecule has 1 aliphatic rings. The smallest absolute Gasteiger partial charge is 0.321 e. The van der Waals surface area contributed by atoms with Crippen molar-refractivity contribution in [3.63, 3.8) is 0 Å².